The van der Waals surface area contributed by atoms with Gasteiger partial charge in [0.25, 0.3) is 9.05 Å². The fraction of sp³-hybridized carbons (Fsp3) is 0.125. The van der Waals surface area contributed by atoms with Crippen LogP contribution in [0.3, 0.4) is 0 Å². The third-order valence-corrected chi connectivity index (χ3v) is 3.20. The van der Waals surface area contributed by atoms with Crippen LogP contribution in [0.1, 0.15) is 0 Å². The fourth-order valence-corrected chi connectivity index (χ4v) is 2.02. The zero-order valence-electron chi connectivity index (χ0n) is 6.57. The zero-order valence-corrected chi connectivity index (χ0v) is 8.14. The Hall–Kier alpha value is -0.870. The Bertz CT molecular complexity index is 562. The number of rotatable bonds is 1. The van der Waals surface area contributed by atoms with Gasteiger partial charge in [-0.2, -0.15) is 0 Å². The standard InChI is InChI=1S/C8H6ClNO2S/c9-13(11,12)7-1-2-8-6(5-7)3-4-10-8/h1-3,5H,4H2. The average Bonchev–Trinajstić information content (AvgIpc) is 2.47. The van der Waals surface area contributed by atoms with E-state index in [1.54, 1.807) is 6.07 Å². The zero-order chi connectivity index (χ0) is 9.47. The first-order valence-corrected chi connectivity index (χ1v) is 5.98. The highest BCUT2D eigenvalue weighted by Crippen LogP contribution is 2.10. The maximum absolute atomic E-state index is 11.0. The van der Waals surface area contributed by atoms with Crippen LogP contribution in [0.4, 0.5) is 0 Å². The maximum Gasteiger partial charge on any atom is 0.261 e. The number of nitrogens with zero attached hydrogens (tertiary/aromatic N) is 1. The topological polar surface area (TPSA) is 46.5 Å². The van der Waals surface area contributed by atoms with Crippen LogP contribution in [0.25, 0.3) is 6.08 Å². The van der Waals surface area contributed by atoms with Crippen molar-refractivity contribution in [3.8, 4) is 0 Å². The van der Waals surface area contributed by atoms with E-state index in [1.807, 2.05) is 6.08 Å². The molecule has 3 nitrogen and oxygen atoms in total. The van der Waals surface area contributed by atoms with Gasteiger partial charge in [-0.15, -0.1) is 0 Å². The molecule has 0 saturated carbocycles. The van der Waals surface area contributed by atoms with Gasteiger partial charge in [0.1, 0.15) is 0 Å². The van der Waals surface area contributed by atoms with Gasteiger partial charge >= 0.3 is 0 Å². The van der Waals surface area contributed by atoms with Crippen molar-refractivity contribution in [1.82, 2.24) is 0 Å². The highest BCUT2D eigenvalue weighted by atomic mass is 35.7. The number of hydrogen-bond acceptors (Lipinski definition) is 3. The Morgan fingerprint density at radius 2 is 2.15 bits per heavy atom. The minimum atomic E-state index is -3.61. The summed E-state index contributed by atoms with van der Waals surface area (Å²) < 4.78 is 21.9. The third-order valence-electron chi connectivity index (χ3n) is 1.85. The van der Waals surface area contributed by atoms with Gasteiger partial charge < -0.3 is 0 Å². The molecular weight excluding hydrogens is 210 g/mol. The van der Waals surface area contributed by atoms with Gasteiger partial charge in [-0.25, -0.2) is 8.42 Å². The normalized spacial score (nSPS) is 14.5. The van der Waals surface area contributed by atoms with Crippen LogP contribution in [0.5, 0.6) is 0 Å². The van der Waals surface area contributed by atoms with Gasteiger partial charge in [-0.05, 0) is 23.4 Å². The summed E-state index contributed by atoms with van der Waals surface area (Å²) in [6, 6.07) is 4.66. The molecule has 0 fully saturated rings. The van der Waals surface area contributed by atoms with E-state index in [0.29, 0.717) is 6.54 Å². The summed E-state index contributed by atoms with van der Waals surface area (Å²) in [6.45, 7) is 0.612. The van der Waals surface area contributed by atoms with Crippen LogP contribution in [0.2, 0.25) is 0 Å². The molecule has 1 aliphatic rings. The Balaban J connectivity index is 2.76. The lowest BCUT2D eigenvalue weighted by atomic mass is 10.3. The molecule has 2 rings (SSSR count). The SMILES string of the molecule is O=S(=O)(Cl)c1ccc2c(c1)=CCN=2. The predicted octanol–water partition coefficient (Wildman–Crippen LogP) is 0.0278. The van der Waals surface area contributed by atoms with Crippen molar-refractivity contribution in [2.45, 2.75) is 4.90 Å². The molecule has 0 bridgehead atoms. The van der Waals surface area contributed by atoms with E-state index < -0.39 is 9.05 Å². The lowest BCUT2D eigenvalue weighted by Gasteiger charge is -1.93. The smallest absolute Gasteiger partial charge is 0.261 e. The highest BCUT2D eigenvalue weighted by molar-refractivity contribution is 8.13. The van der Waals surface area contributed by atoms with Gasteiger partial charge in [0.15, 0.2) is 0 Å². The third kappa shape index (κ3) is 1.59. The molecule has 0 atom stereocenters. The molecule has 68 valence electrons. The Labute approximate surface area is 79.8 Å². The van der Waals surface area contributed by atoms with E-state index in [1.165, 1.54) is 12.1 Å². The van der Waals surface area contributed by atoms with Crippen LogP contribution < -0.4 is 10.6 Å². The predicted molar refractivity (Wildman–Crippen MR) is 49.6 cm³/mol. The largest absolute Gasteiger partial charge is 0.281 e. The molecule has 1 aromatic carbocycles. The number of fused-ring (bicyclic) bond motifs is 1. The van der Waals surface area contributed by atoms with Gasteiger partial charge in [0.05, 0.1) is 16.8 Å². The quantitative estimate of drug-likeness (QED) is 0.621. The van der Waals surface area contributed by atoms with E-state index >= 15 is 0 Å². The minimum Gasteiger partial charge on any atom is -0.281 e. The van der Waals surface area contributed by atoms with E-state index in [-0.39, 0.29) is 4.90 Å². The molecule has 0 aliphatic carbocycles. The molecule has 0 spiro atoms. The molecule has 1 aliphatic heterocycles. The van der Waals surface area contributed by atoms with Gasteiger partial charge in [0.2, 0.25) is 0 Å². The number of halogens is 1. The summed E-state index contributed by atoms with van der Waals surface area (Å²) in [7, 11) is 1.57. The molecule has 0 unspecified atom stereocenters. The van der Waals surface area contributed by atoms with Crippen molar-refractivity contribution < 1.29 is 8.42 Å². The first kappa shape index (κ1) is 8.72. The van der Waals surface area contributed by atoms with Crippen LogP contribution in [0.15, 0.2) is 28.1 Å². The van der Waals surface area contributed by atoms with Crippen LogP contribution in [0, 0.1) is 0 Å². The molecule has 5 heteroatoms. The van der Waals surface area contributed by atoms with Crippen molar-refractivity contribution in [3.05, 3.63) is 28.8 Å². The summed E-state index contributed by atoms with van der Waals surface area (Å²) in [5.74, 6) is 0. The summed E-state index contributed by atoms with van der Waals surface area (Å²) >= 11 is 0. The van der Waals surface area contributed by atoms with E-state index in [2.05, 4.69) is 4.99 Å². The number of hydrogen-bond donors (Lipinski definition) is 0. The first-order chi connectivity index (χ1) is 6.07. The maximum atomic E-state index is 11.0. The van der Waals surface area contributed by atoms with E-state index in [9.17, 15) is 8.42 Å². The molecule has 0 saturated heterocycles. The van der Waals surface area contributed by atoms with E-state index in [0.717, 1.165) is 10.6 Å². The molecule has 1 aromatic rings. The molecule has 0 radical (unpaired) electrons. The van der Waals surface area contributed by atoms with E-state index in [4.69, 9.17) is 10.7 Å². The van der Waals surface area contributed by atoms with Crippen molar-refractivity contribution in [3.63, 3.8) is 0 Å². The minimum absolute atomic E-state index is 0.126. The molecule has 1 heterocycles. The van der Waals surface area contributed by atoms with Gasteiger partial charge in [0, 0.05) is 10.7 Å². The molecule has 0 amide bonds. The van der Waals surface area contributed by atoms with Crippen molar-refractivity contribution in [2.75, 3.05) is 6.54 Å². The monoisotopic (exact) mass is 215 g/mol. The summed E-state index contributed by atoms with van der Waals surface area (Å²) in [6.07, 6.45) is 1.86. The Kier molecular flexibility index (Phi) is 1.89. The first-order valence-electron chi connectivity index (χ1n) is 3.67. The second kappa shape index (κ2) is 2.82. The van der Waals surface area contributed by atoms with Gasteiger partial charge in [-0.3, -0.25) is 4.99 Å². The Morgan fingerprint density at radius 3 is 2.85 bits per heavy atom. The lowest BCUT2D eigenvalue weighted by molar-refractivity contribution is 0.609. The van der Waals surface area contributed by atoms with Crippen molar-refractivity contribution >= 4 is 25.8 Å². The highest BCUT2D eigenvalue weighted by Gasteiger charge is 2.09. The fourth-order valence-electron chi connectivity index (χ4n) is 1.23. The van der Waals surface area contributed by atoms with Crippen LogP contribution >= 0.6 is 10.7 Å². The van der Waals surface area contributed by atoms with Crippen molar-refractivity contribution in [2.24, 2.45) is 4.99 Å². The summed E-state index contributed by atoms with van der Waals surface area (Å²) in [5, 5.41) is 1.66. The average molecular weight is 216 g/mol. The van der Waals surface area contributed by atoms with Gasteiger partial charge in [-0.1, -0.05) is 6.08 Å². The van der Waals surface area contributed by atoms with Crippen molar-refractivity contribution in [1.29, 1.82) is 0 Å². The molecule has 0 aromatic heterocycles. The Morgan fingerprint density at radius 1 is 1.38 bits per heavy atom. The van der Waals surface area contributed by atoms with Crippen LogP contribution in [-0.4, -0.2) is 15.0 Å². The molecule has 0 N–H and O–H groups in total. The summed E-state index contributed by atoms with van der Waals surface area (Å²) in [4.78, 5) is 4.26. The molecule has 13 heavy (non-hydrogen) atoms. The van der Waals surface area contributed by atoms with Crippen LogP contribution in [-0.2, 0) is 9.05 Å². The number of benzene rings is 1. The molecular formula is C8H6ClNO2S. The second-order valence-electron chi connectivity index (χ2n) is 2.70. The lowest BCUT2D eigenvalue weighted by Crippen LogP contribution is -2.21. The second-order valence-corrected chi connectivity index (χ2v) is 5.27. The summed E-state index contributed by atoms with van der Waals surface area (Å²) in [5.41, 5.74) is 0.